The summed E-state index contributed by atoms with van der Waals surface area (Å²) in [6.07, 6.45) is 1.86. The fraction of sp³-hybridized carbons (Fsp3) is 0.370. The van der Waals surface area contributed by atoms with Gasteiger partial charge in [0, 0.05) is 12.6 Å². The van der Waals surface area contributed by atoms with Gasteiger partial charge in [-0.3, -0.25) is 9.69 Å². The Morgan fingerprint density at radius 1 is 0.967 bits per heavy atom. The number of esters is 1. The molecule has 3 heteroatoms. The van der Waals surface area contributed by atoms with E-state index in [2.05, 4.69) is 71.6 Å². The molecule has 2 atom stereocenters. The minimum Gasteiger partial charge on any atom is -0.460 e. The molecule has 1 aliphatic heterocycles. The van der Waals surface area contributed by atoms with E-state index in [1.807, 2.05) is 26.8 Å². The van der Waals surface area contributed by atoms with Gasteiger partial charge in [-0.1, -0.05) is 66.7 Å². The van der Waals surface area contributed by atoms with Gasteiger partial charge in [0.2, 0.25) is 0 Å². The molecule has 0 aliphatic carbocycles. The molecular weight excluding hydrogens is 370 g/mol. The fourth-order valence-electron chi connectivity index (χ4n) is 4.52. The first-order valence-electron chi connectivity index (χ1n) is 10.9. The fourth-order valence-corrected chi connectivity index (χ4v) is 4.52. The van der Waals surface area contributed by atoms with Gasteiger partial charge in [-0.25, -0.2) is 0 Å². The second-order valence-electron chi connectivity index (χ2n) is 9.29. The van der Waals surface area contributed by atoms with Gasteiger partial charge >= 0.3 is 5.97 Å². The maximum absolute atomic E-state index is 13.2. The minimum absolute atomic E-state index is 0.0124. The van der Waals surface area contributed by atoms with Crippen LogP contribution in [0, 0.1) is 5.92 Å². The zero-order valence-corrected chi connectivity index (χ0v) is 18.2. The molecule has 156 valence electrons. The molecule has 4 rings (SSSR count). The van der Waals surface area contributed by atoms with Crippen LogP contribution in [0.5, 0.6) is 0 Å². The molecule has 3 aromatic rings. The summed E-state index contributed by atoms with van der Waals surface area (Å²) in [7, 11) is 0. The quantitative estimate of drug-likeness (QED) is 0.492. The number of likely N-dealkylation sites (tertiary alicyclic amines) is 1. The SMILES string of the molecule is CC(C)(C)OC(=O)[C@@H]1CCCN(Cc2ccccc2)[C@@H]1c1ccc2ccccc2c1. The molecule has 0 bridgehead atoms. The first-order valence-corrected chi connectivity index (χ1v) is 10.9. The van der Waals surface area contributed by atoms with Crippen LogP contribution in [0.2, 0.25) is 0 Å². The van der Waals surface area contributed by atoms with E-state index in [4.69, 9.17) is 4.74 Å². The van der Waals surface area contributed by atoms with Crippen molar-refractivity contribution in [1.29, 1.82) is 0 Å². The van der Waals surface area contributed by atoms with Crippen molar-refractivity contribution in [2.45, 2.75) is 51.8 Å². The smallest absolute Gasteiger partial charge is 0.311 e. The minimum atomic E-state index is -0.479. The van der Waals surface area contributed by atoms with Crippen LogP contribution in [-0.2, 0) is 16.1 Å². The van der Waals surface area contributed by atoms with Gasteiger partial charge in [0.15, 0.2) is 0 Å². The lowest BCUT2D eigenvalue weighted by Gasteiger charge is -2.41. The molecule has 1 fully saturated rings. The van der Waals surface area contributed by atoms with Crippen LogP contribution in [-0.4, -0.2) is 23.0 Å². The summed E-state index contributed by atoms with van der Waals surface area (Å²) in [5, 5.41) is 2.43. The number of hydrogen-bond acceptors (Lipinski definition) is 3. The van der Waals surface area contributed by atoms with Crippen LogP contribution < -0.4 is 0 Å². The number of piperidine rings is 1. The predicted molar refractivity (Wildman–Crippen MR) is 122 cm³/mol. The van der Waals surface area contributed by atoms with Crippen LogP contribution in [0.4, 0.5) is 0 Å². The van der Waals surface area contributed by atoms with Crippen molar-refractivity contribution in [1.82, 2.24) is 4.90 Å². The van der Waals surface area contributed by atoms with Crippen LogP contribution in [0.25, 0.3) is 10.8 Å². The zero-order valence-electron chi connectivity index (χ0n) is 18.2. The van der Waals surface area contributed by atoms with E-state index in [1.54, 1.807) is 0 Å². The highest BCUT2D eigenvalue weighted by Gasteiger charge is 2.39. The van der Waals surface area contributed by atoms with E-state index < -0.39 is 5.60 Å². The van der Waals surface area contributed by atoms with E-state index in [9.17, 15) is 4.79 Å². The largest absolute Gasteiger partial charge is 0.460 e. The molecule has 0 aromatic heterocycles. The Morgan fingerprint density at radius 2 is 1.67 bits per heavy atom. The summed E-state index contributed by atoms with van der Waals surface area (Å²) in [6, 6.07) is 25.6. The average Bonchev–Trinajstić information content (AvgIpc) is 2.73. The van der Waals surface area contributed by atoms with E-state index >= 15 is 0 Å². The van der Waals surface area contributed by atoms with Crippen LogP contribution in [0.1, 0.15) is 50.8 Å². The maximum atomic E-state index is 13.2. The van der Waals surface area contributed by atoms with Crippen LogP contribution in [0.3, 0.4) is 0 Å². The first-order chi connectivity index (χ1) is 14.4. The lowest BCUT2D eigenvalue weighted by Crippen LogP contribution is -2.43. The number of hydrogen-bond donors (Lipinski definition) is 0. The molecule has 0 saturated carbocycles. The van der Waals surface area contributed by atoms with Crippen molar-refractivity contribution in [3.63, 3.8) is 0 Å². The molecule has 0 radical (unpaired) electrons. The van der Waals surface area contributed by atoms with Crippen molar-refractivity contribution in [3.8, 4) is 0 Å². The molecule has 1 aliphatic rings. The van der Waals surface area contributed by atoms with Gasteiger partial charge in [0.1, 0.15) is 5.60 Å². The zero-order chi connectivity index (χ0) is 21.1. The molecule has 0 N–H and O–H groups in total. The Hall–Kier alpha value is -2.65. The number of ether oxygens (including phenoxy) is 1. The first kappa shape index (κ1) is 20.6. The number of carbonyl (C=O) groups is 1. The average molecular weight is 402 g/mol. The predicted octanol–water partition coefficient (Wildman–Crippen LogP) is 6.13. The molecule has 0 unspecified atom stereocenters. The summed E-state index contributed by atoms with van der Waals surface area (Å²) in [5.41, 5.74) is 1.99. The van der Waals surface area contributed by atoms with Crippen LogP contribution in [0.15, 0.2) is 72.8 Å². The Bertz CT molecular complexity index is 1010. The Balaban J connectivity index is 1.72. The maximum Gasteiger partial charge on any atom is 0.311 e. The Labute approximate surface area is 179 Å². The third-order valence-electron chi connectivity index (χ3n) is 5.79. The second kappa shape index (κ2) is 8.61. The lowest BCUT2D eigenvalue weighted by atomic mass is 9.83. The lowest BCUT2D eigenvalue weighted by molar-refractivity contribution is -0.164. The van der Waals surface area contributed by atoms with E-state index in [-0.39, 0.29) is 17.9 Å². The molecular formula is C27H31NO2. The highest BCUT2D eigenvalue weighted by Crippen LogP contribution is 2.39. The number of carbonyl (C=O) groups excluding carboxylic acids is 1. The molecule has 1 heterocycles. The Kier molecular flexibility index (Phi) is 5.92. The number of nitrogens with zero attached hydrogens (tertiary/aromatic N) is 1. The van der Waals surface area contributed by atoms with Crippen molar-refractivity contribution < 1.29 is 9.53 Å². The highest BCUT2D eigenvalue weighted by atomic mass is 16.6. The van der Waals surface area contributed by atoms with Gasteiger partial charge in [0.05, 0.1) is 5.92 Å². The molecule has 0 spiro atoms. The molecule has 3 aromatic carbocycles. The normalized spacial score (nSPS) is 20.2. The molecule has 0 amide bonds. The van der Waals surface area contributed by atoms with Gasteiger partial charge in [-0.15, -0.1) is 0 Å². The number of rotatable bonds is 4. The number of fused-ring (bicyclic) bond motifs is 1. The third-order valence-corrected chi connectivity index (χ3v) is 5.79. The molecule has 30 heavy (non-hydrogen) atoms. The second-order valence-corrected chi connectivity index (χ2v) is 9.29. The van der Waals surface area contributed by atoms with Gasteiger partial charge < -0.3 is 4.74 Å². The monoisotopic (exact) mass is 401 g/mol. The molecule has 3 nitrogen and oxygen atoms in total. The third kappa shape index (κ3) is 4.73. The summed E-state index contributed by atoms with van der Waals surface area (Å²) in [6.45, 7) is 7.64. The van der Waals surface area contributed by atoms with Gasteiger partial charge in [-0.2, -0.15) is 0 Å². The van der Waals surface area contributed by atoms with Gasteiger partial charge in [-0.05, 0) is 68.1 Å². The van der Waals surface area contributed by atoms with Crippen molar-refractivity contribution >= 4 is 16.7 Å². The van der Waals surface area contributed by atoms with Crippen molar-refractivity contribution in [2.75, 3.05) is 6.54 Å². The van der Waals surface area contributed by atoms with Crippen LogP contribution >= 0.6 is 0 Å². The number of benzene rings is 3. The van der Waals surface area contributed by atoms with Crippen molar-refractivity contribution in [2.24, 2.45) is 5.92 Å². The van der Waals surface area contributed by atoms with E-state index in [0.29, 0.717) is 0 Å². The van der Waals surface area contributed by atoms with E-state index in [1.165, 1.54) is 21.9 Å². The standard InChI is InChI=1S/C27H31NO2/c1-27(2,3)30-26(29)24-14-9-17-28(19-20-10-5-4-6-11-20)25(24)23-16-15-21-12-7-8-13-22(21)18-23/h4-8,10-13,15-16,18,24-25H,9,14,17,19H2,1-3H3/t24-,25-/m1/s1. The van der Waals surface area contributed by atoms with Crippen molar-refractivity contribution in [3.05, 3.63) is 83.9 Å². The summed E-state index contributed by atoms with van der Waals surface area (Å²) < 4.78 is 5.85. The Morgan fingerprint density at radius 3 is 2.40 bits per heavy atom. The topological polar surface area (TPSA) is 29.5 Å². The van der Waals surface area contributed by atoms with E-state index in [0.717, 1.165) is 25.9 Å². The highest BCUT2D eigenvalue weighted by molar-refractivity contribution is 5.83. The summed E-state index contributed by atoms with van der Waals surface area (Å²) in [4.78, 5) is 15.7. The molecule has 1 saturated heterocycles. The summed E-state index contributed by atoms with van der Waals surface area (Å²) in [5.74, 6) is -0.249. The summed E-state index contributed by atoms with van der Waals surface area (Å²) >= 11 is 0. The van der Waals surface area contributed by atoms with Gasteiger partial charge in [0.25, 0.3) is 0 Å².